The molecule has 118 valence electrons. The van der Waals surface area contributed by atoms with E-state index in [0.717, 1.165) is 16.0 Å². The fraction of sp³-hybridized carbons (Fsp3) is 0.125. The van der Waals surface area contributed by atoms with Crippen LogP contribution >= 0.6 is 11.8 Å². The Kier molecular flexibility index (Phi) is 4.20. The molecule has 5 nitrogen and oxygen atoms in total. The first kappa shape index (κ1) is 15.4. The number of hydrogen-bond acceptors (Lipinski definition) is 5. The van der Waals surface area contributed by atoms with Gasteiger partial charge in [0.1, 0.15) is 11.6 Å². The van der Waals surface area contributed by atoms with Gasteiger partial charge in [-0.05, 0) is 29.8 Å². The number of fused-ring (bicyclic) bond motifs is 1. The molecule has 0 saturated heterocycles. The fourth-order valence-corrected chi connectivity index (χ4v) is 3.02. The standard InChI is InChI=1S/C16H14FN3O2S/c1-22-12-4-2-3-10(7-12)9-23-16-19-14-8-11(17)5-6-13(14)15(21)20(16)18/h2-8H,9,18H2,1H3. The number of rotatable bonds is 4. The topological polar surface area (TPSA) is 70.1 Å². The van der Waals surface area contributed by atoms with E-state index in [4.69, 9.17) is 10.6 Å². The second-order valence-electron chi connectivity index (χ2n) is 4.87. The van der Waals surface area contributed by atoms with E-state index in [1.807, 2.05) is 24.3 Å². The van der Waals surface area contributed by atoms with Crippen LogP contribution in [0.3, 0.4) is 0 Å². The summed E-state index contributed by atoms with van der Waals surface area (Å²) in [5.41, 5.74) is 0.899. The van der Waals surface area contributed by atoms with Crippen molar-refractivity contribution in [2.45, 2.75) is 10.9 Å². The lowest BCUT2D eigenvalue weighted by molar-refractivity contribution is 0.414. The average Bonchev–Trinajstić information content (AvgIpc) is 2.57. The zero-order valence-corrected chi connectivity index (χ0v) is 13.1. The maximum Gasteiger partial charge on any atom is 0.280 e. The zero-order valence-electron chi connectivity index (χ0n) is 12.3. The molecule has 0 atom stereocenters. The molecule has 3 rings (SSSR count). The van der Waals surface area contributed by atoms with Crippen molar-refractivity contribution in [2.75, 3.05) is 13.0 Å². The van der Waals surface area contributed by atoms with E-state index < -0.39 is 11.4 Å². The van der Waals surface area contributed by atoms with E-state index in [2.05, 4.69) is 4.98 Å². The molecule has 23 heavy (non-hydrogen) atoms. The first-order chi connectivity index (χ1) is 11.1. The Morgan fingerprint density at radius 3 is 2.91 bits per heavy atom. The Balaban J connectivity index is 1.93. The number of nitrogen functional groups attached to an aromatic ring is 1. The minimum Gasteiger partial charge on any atom is -0.497 e. The molecule has 0 saturated carbocycles. The van der Waals surface area contributed by atoms with Crippen LogP contribution in [0.4, 0.5) is 4.39 Å². The zero-order chi connectivity index (χ0) is 16.4. The highest BCUT2D eigenvalue weighted by molar-refractivity contribution is 7.98. The Bertz CT molecular complexity index is 927. The maximum atomic E-state index is 13.3. The number of methoxy groups -OCH3 is 1. The lowest BCUT2D eigenvalue weighted by Crippen LogP contribution is -2.29. The van der Waals surface area contributed by atoms with Gasteiger partial charge in [0.05, 0.1) is 18.0 Å². The van der Waals surface area contributed by atoms with Crippen LogP contribution in [0.1, 0.15) is 5.56 Å². The largest absolute Gasteiger partial charge is 0.497 e. The van der Waals surface area contributed by atoms with Gasteiger partial charge in [0.25, 0.3) is 5.56 Å². The molecule has 1 heterocycles. The predicted molar refractivity (Wildman–Crippen MR) is 88.7 cm³/mol. The van der Waals surface area contributed by atoms with E-state index in [1.54, 1.807) is 7.11 Å². The first-order valence-electron chi connectivity index (χ1n) is 6.81. The number of thioether (sulfide) groups is 1. The van der Waals surface area contributed by atoms with Gasteiger partial charge in [0.2, 0.25) is 0 Å². The van der Waals surface area contributed by atoms with E-state index in [0.29, 0.717) is 21.8 Å². The second kappa shape index (κ2) is 6.29. The predicted octanol–water partition coefficient (Wildman–Crippen LogP) is 2.55. The lowest BCUT2D eigenvalue weighted by Gasteiger charge is -2.09. The van der Waals surface area contributed by atoms with Crippen LogP contribution in [-0.2, 0) is 5.75 Å². The summed E-state index contributed by atoms with van der Waals surface area (Å²) in [6.45, 7) is 0. The summed E-state index contributed by atoms with van der Waals surface area (Å²) in [5, 5.41) is 0.621. The van der Waals surface area contributed by atoms with Crippen molar-refractivity contribution in [2.24, 2.45) is 0 Å². The summed E-state index contributed by atoms with van der Waals surface area (Å²) in [6.07, 6.45) is 0. The molecule has 0 unspecified atom stereocenters. The molecule has 0 aliphatic heterocycles. The Hall–Kier alpha value is -2.54. The Morgan fingerprint density at radius 1 is 1.30 bits per heavy atom. The quantitative estimate of drug-likeness (QED) is 0.452. The fourth-order valence-electron chi connectivity index (χ4n) is 2.16. The third-order valence-electron chi connectivity index (χ3n) is 3.33. The molecule has 2 N–H and O–H groups in total. The van der Waals surface area contributed by atoms with Crippen molar-refractivity contribution in [3.05, 3.63) is 64.2 Å². The van der Waals surface area contributed by atoms with Gasteiger partial charge >= 0.3 is 0 Å². The van der Waals surface area contributed by atoms with Gasteiger partial charge in [0.15, 0.2) is 5.16 Å². The third kappa shape index (κ3) is 3.14. The Morgan fingerprint density at radius 2 is 2.13 bits per heavy atom. The van der Waals surface area contributed by atoms with Crippen LogP contribution in [0.2, 0.25) is 0 Å². The third-order valence-corrected chi connectivity index (χ3v) is 4.36. The van der Waals surface area contributed by atoms with Crippen molar-refractivity contribution in [3.63, 3.8) is 0 Å². The molecular formula is C16H14FN3O2S. The number of nitrogens with two attached hydrogens (primary N) is 1. The van der Waals surface area contributed by atoms with Crippen molar-refractivity contribution in [3.8, 4) is 5.75 Å². The molecule has 0 spiro atoms. The molecule has 0 bridgehead atoms. The van der Waals surface area contributed by atoms with Crippen molar-refractivity contribution in [1.29, 1.82) is 0 Å². The smallest absolute Gasteiger partial charge is 0.280 e. The molecule has 0 radical (unpaired) electrons. The summed E-state index contributed by atoms with van der Waals surface area (Å²) < 4.78 is 19.5. The van der Waals surface area contributed by atoms with Crippen LogP contribution in [0.5, 0.6) is 5.75 Å². The minimum atomic E-state index is -0.442. The summed E-state index contributed by atoms with van der Waals surface area (Å²) in [7, 11) is 1.60. The summed E-state index contributed by atoms with van der Waals surface area (Å²) in [6, 6.07) is 11.4. The van der Waals surface area contributed by atoms with Crippen LogP contribution in [0, 0.1) is 5.82 Å². The molecule has 7 heteroatoms. The number of ether oxygens (including phenoxy) is 1. The van der Waals surface area contributed by atoms with Crippen LogP contribution < -0.4 is 16.1 Å². The molecule has 2 aromatic carbocycles. The highest BCUT2D eigenvalue weighted by Crippen LogP contribution is 2.23. The molecule has 0 aliphatic carbocycles. The molecule has 1 aromatic heterocycles. The van der Waals surface area contributed by atoms with Crippen LogP contribution in [0.25, 0.3) is 10.9 Å². The van der Waals surface area contributed by atoms with Crippen LogP contribution in [-0.4, -0.2) is 16.8 Å². The summed E-state index contributed by atoms with van der Waals surface area (Å²) in [4.78, 5) is 16.5. The van der Waals surface area contributed by atoms with Crippen molar-refractivity contribution in [1.82, 2.24) is 9.66 Å². The summed E-state index contributed by atoms with van der Waals surface area (Å²) >= 11 is 1.30. The second-order valence-corrected chi connectivity index (χ2v) is 5.81. The van der Waals surface area contributed by atoms with Crippen LogP contribution in [0.15, 0.2) is 52.4 Å². The lowest BCUT2D eigenvalue weighted by atomic mass is 10.2. The molecule has 3 aromatic rings. The van der Waals surface area contributed by atoms with E-state index in [-0.39, 0.29) is 0 Å². The average molecular weight is 331 g/mol. The number of nitrogens with zero attached hydrogens (tertiary/aromatic N) is 2. The molecular weight excluding hydrogens is 317 g/mol. The van der Waals surface area contributed by atoms with Gasteiger partial charge in [-0.25, -0.2) is 14.1 Å². The number of benzene rings is 2. The highest BCUT2D eigenvalue weighted by Gasteiger charge is 2.10. The molecule has 0 aliphatic rings. The van der Waals surface area contributed by atoms with Gasteiger partial charge in [0, 0.05) is 11.8 Å². The maximum absolute atomic E-state index is 13.3. The number of aromatic nitrogens is 2. The molecule has 0 fully saturated rings. The summed E-state index contributed by atoms with van der Waals surface area (Å²) in [5.74, 6) is 6.68. The van der Waals surface area contributed by atoms with Gasteiger partial charge < -0.3 is 10.6 Å². The van der Waals surface area contributed by atoms with Crippen molar-refractivity contribution >= 4 is 22.7 Å². The monoisotopic (exact) mass is 331 g/mol. The highest BCUT2D eigenvalue weighted by atomic mass is 32.2. The Labute approximate surface area is 135 Å². The molecule has 0 amide bonds. The van der Waals surface area contributed by atoms with Gasteiger partial charge in [-0.2, -0.15) is 0 Å². The van der Waals surface area contributed by atoms with E-state index in [1.165, 1.54) is 30.0 Å². The van der Waals surface area contributed by atoms with Gasteiger partial charge in [-0.15, -0.1) is 0 Å². The number of halogens is 1. The van der Waals surface area contributed by atoms with Gasteiger partial charge in [-0.1, -0.05) is 23.9 Å². The normalized spacial score (nSPS) is 10.9. The number of hydrogen-bond donors (Lipinski definition) is 1. The minimum absolute atomic E-state index is 0.291. The van der Waals surface area contributed by atoms with E-state index >= 15 is 0 Å². The van der Waals surface area contributed by atoms with E-state index in [9.17, 15) is 9.18 Å². The van der Waals surface area contributed by atoms with Crippen molar-refractivity contribution < 1.29 is 9.13 Å². The first-order valence-corrected chi connectivity index (χ1v) is 7.80. The van der Waals surface area contributed by atoms with Gasteiger partial charge in [-0.3, -0.25) is 4.79 Å². The SMILES string of the molecule is COc1cccc(CSc2nc3cc(F)ccc3c(=O)n2N)c1.